The fourth-order valence-electron chi connectivity index (χ4n) is 2.80. The van der Waals surface area contributed by atoms with Gasteiger partial charge in [-0.3, -0.25) is 0 Å². The summed E-state index contributed by atoms with van der Waals surface area (Å²) in [7, 11) is 1.76. The molecule has 1 saturated carbocycles. The Morgan fingerprint density at radius 1 is 1.24 bits per heavy atom. The normalized spacial score (nSPS) is 24.6. The van der Waals surface area contributed by atoms with Crippen molar-refractivity contribution >= 4 is 0 Å². The molecule has 0 atom stereocenters. The summed E-state index contributed by atoms with van der Waals surface area (Å²) < 4.78 is 5.48. The lowest BCUT2D eigenvalue weighted by Gasteiger charge is -2.27. The van der Waals surface area contributed by atoms with Crippen LogP contribution >= 0.6 is 0 Å². The molecule has 0 radical (unpaired) electrons. The van der Waals surface area contributed by atoms with Gasteiger partial charge in [-0.2, -0.15) is 0 Å². The molecule has 17 heavy (non-hydrogen) atoms. The highest BCUT2D eigenvalue weighted by Gasteiger charge is 2.22. The van der Waals surface area contributed by atoms with Crippen LogP contribution in [0.25, 0.3) is 0 Å². The fourth-order valence-corrected chi connectivity index (χ4v) is 2.80. The molecule has 1 fully saturated rings. The van der Waals surface area contributed by atoms with Gasteiger partial charge in [-0.15, -0.1) is 0 Å². The van der Waals surface area contributed by atoms with Crippen LogP contribution in [0, 0.1) is 5.92 Å². The topological polar surface area (TPSA) is 35.2 Å². The van der Waals surface area contributed by atoms with E-state index in [0.717, 1.165) is 11.7 Å². The van der Waals surface area contributed by atoms with E-state index in [9.17, 15) is 0 Å². The fraction of sp³-hybridized carbons (Fsp3) is 0.600. The number of methoxy groups -OCH3 is 1. The summed E-state index contributed by atoms with van der Waals surface area (Å²) in [6.45, 7) is 2.96. The molecule has 2 rings (SSSR count). The van der Waals surface area contributed by atoms with E-state index in [1.54, 1.807) is 7.11 Å². The maximum absolute atomic E-state index is 5.72. The molecule has 0 saturated heterocycles. The first-order valence-electron chi connectivity index (χ1n) is 6.61. The first-order valence-corrected chi connectivity index (χ1v) is 6.61. The molecule has 1 aliphatic carbocycles. The molecule has 0 amide bonds. The molecular formula is C15H23NO. The third kappa shape index (κ3) is 2.81. The van der Waals surface area contributed by atoms with Gasteiger partial charge < -0.3 is 10.5 Å². The third-order valence-electron chi connectivity index (χ3n) is 3.99. The maximum Gasteiger partial charge on any atom is 0.122 e. The van der Waals surface area contributed by atoms with Gasteiger partial charge in [-0.25, -0.2) is 0 Å². The molecule has 94 valence electrons. The van der Waals surface area contributed by atoms with E-state index in [-0.39, 0.29) is 0 Å². The van der Waals surface area contributed by atoms with Gasteiger partial charge in [0.2, 0.25) is 0 Å². The Balaban J connectivity index is 2.23. The van der Waals surface area contributed by atoms with Crippen LogP contribution in [-0.2, 0) is 6.54 Å². The summed E-state index contributed by atoms with van der Waals surface area (Å²) in [6.07, 6.45) is 5.23. The zero-order valence-electron chi connectivity index (χ0n) is 10.9. The van der Waals surface area contributed by atoms with Crippen molar-refractivity contribution in [3.63, 3.8) is 0 Å². The van der Waals surface area contributed by atoms with E-state index in [1.807, 2.05) is 0 Å². The molecule has 1 aromatic carbocycles. The molecule has 0 aliphatic heterocycles. The Labute approximate surface area is 104 Å². The van der Waals surface area contributed by atoms with E-state index in [4.69, 9.17) is 10.5 Å². The predicted octanol–water partition coefficient (Wildman–Crippen LogP) is 3.45. The quantitative estimate of drug-likeness (QED) is 0.868. The second kappa shape index (κ2) is 5.54. The standard InChI is InChI=1S/C15H23NO/c1-11-3-6-13(7-4-11)14-9-12(10-16)5-8-15(14)17-2/h5,8-9,11,13H,3-4,6-7,10,16H2,1-2H3. The van der Waals surface area contributed by atoms with E-state index >= 15 is 0 Å². The van der Waals surface area contributed by atoms with E-state index in [0.29, 0.717) is 12.5 Å². The van der Waals surface area contributed by atoms with Crippen molar-refractivity contribution in [1.29, 1.82) is 0 Å². The van der Waals surface area contributed by atoms with Crippen LogP contribution in [0.15, 0.2) is 18.2 Å². The zero-order chi connectivity index (χ0) is 12.3. The van der Waals surface area contributed by atoms with Crippen LogP contribution in [0.3, 0.4) is 0 Å². The van der Waals surface area contributed by atoms with Gasteiger partial charge in [-0.1, -0.05) is 31.9 Å². The molecule has 2 heteroatoms. The lowest BCUT2D eigenvalue weighted by molar-refractivity contribution is 0.336. The molecule has 0 bridgehead atoms. The molecule has 2 N–H and O–H groups in total. The van der Waals surface area contributed by atoms with E-state index < -0.39 is 0 Å². The highest BCUT2D eigenvalue weighted by Crippen LogP contribution is 2.39. The summed E-state index contributed by atoms with van der Waals surface area (Å²) in [5, 5.41) is 0. The highest BCUT2D eigenvalue weighted by molar-refractivity contribution is 5.40. The highest BCUT2D eigenvalue weighted by atomic mass is 16.5. The van der Waals surface area contributed by atoms with E-state index in [2.05, 4.69) is 25.1 Å². The van der Waals surface area contributed by atoms with Crippen molar-refractivity contribution in [2.75, 3.05) is 7.11 Å². The van der Waals surface area contributed by atoms with E-state index in [1.165, 1.54) is 36.8 Å². The number of hydrogen-bond acceptors (Lipinski definition) is 2. The molecule has 1 aliphatic rings. The van der Waals surface area contributed by atoms with Crippen LogP contribution in [-0.4, -0.2) is 7.11 Å². The predicted molar refractivity (Wildman–Crippen MR) is 71.3 cm³/mol. The largest absolute Gasteiger partial charge is 0.496 e. The van der Waals surface area contributed by atoms with Crippen molar-refractivity contribution in [2.45, 2.75) is 45.1 Å². The molecule has 0 spiro atoms. The van der Waals surface area contributed by atoms with Crippen molar-refractivity contribution < 1.29 is 4.74 Å². The number of ether oxygens (including phenoxy) is 1. The van der Waals surface area contributed by atoms with Crippen molar-refractivity contribution in [1.82, 2.24) is 0 Å². The summed E-state index contributed by atoms with van der Waals surface area (Å²) in [6, 6.07) is 6.36. The Hall–Kier alpha value is -1.02. The Morgan fingerprint density at radius 3 is 2.53 bits per heavy atom. The average Bonchev–Trinajstić information content (AvgIpc) is 2.39. The van der Waals surface area contributed by atoms with Gasteiger partial charge >= 0.3 is 0 Å². The molecule has 2 nitrogen and oxygen atoms in total. The Morgan fingerprint density at radius 2 is 1.94 bits per heavy atom. The molecule has 1 aromatic rings. The van der Waals surface area contributed by atoms with Gasteiger partial charge in [0, 0.05) is 6.54 Å². The van der Waals surface area contributed by atoms with Crippen LogP contribution in [0.2, 0.25) is 0 Å². The first kappa shape index (κ1) is 12.4. The van der Waals surface area contributed by atoms with Gasteiger partial charge in [0.25, 0.3) is 0 Å². The second-order valence-corrected chi connectivity index (χ2v) is 5.24. The number of hydrogen-bond donors (Lipinski definition) is 1. The van der Waals surface area contributed by atoms with Gasteiger partial charge in [0.05, 0.1) is 7.11 Å². The summed E-state index contributed by atoms with van der Waals surface area (Å²) in [4.78, 5) is 0. The lowest BCUT2D eigenvalue weighted by atomic mass is 9.79. The second-order valence-electron chi connectivity index (χ2n) is 5.24. The summed E-state index contributed by atoms with van der Waals surface area (Å²) >= 11 is 0. The summed E-state index contributed by atoms with van der Waals surface area (Å²) in [5.41, 5.74) is 8.29. The molecule has 0 aromatic heterocycles. The Kier molecular flexibility index (Phi) is 4.06. The van der Waals surface area contributed by atoms with Gasteiger partial charge in [0.1, 0.15) is 5.75 Å². The van der Waals surface area contributed by atoms with Crippen molar-refractivity contribution in [2.24, 2.45) is 11.7 Å². The Bertz CT molecular complexity index is 367. The SMILES string of the molecule is COc1ccc(CN)cc1C1CCC(C)CC1. The average molecular weight is 233 g/mol. The minimum atomic E-state index is 0.611. The smallest absolute Gasteiger partial charge is 0.122 e. The van der Waals surface area contributed by atoms with Crippen molar-refractivity contribution in [3.8, 4) is 5.75 Å². The molecule has 0 heterocycles. The van der Waals surface area contributed by atoms with Crippen LogP contribution in [0.4, 0.5) is 0 Å². The van der Waals surface area contributed by atoms with Crippen LogP contribution < -0.4 is 10.5 Å². The number of rotatable bonds is 3. The minimum Gasteiger partial charge on any atom is -0.496 e. The first-order chi connectivity index (χ1) is 8.24. The van der Waals surface area contributed by atoms with Gasteiger partial charge in [0.15, 0.2) is 0 Å². The van der Waals surface area contributed by atoms with Crippen LogP contribution in [0.1, 0.15) is 49.7 Å². The lowest BCUT2D eigenvalue weighted by Crippen LogP contribution is -2.12. The minimum absolute atomic E-state index is 0.611. The van der Waals surface area contributed by atoms with Gasteiger partial charge in [-0.05, 0) is 41.9 Å². The maximum atomic E-state index is 5.72. The number of benzene rings is 1. The van der Waals surface area contributed by atoms with Crippen LogP contribution in [0.5, 0.6) is 5.75 Å². The zero-order valence-corrected chi connectivity index (χ0v) is 10.9. The molecule has 0 unspecified atom stereocenters. The third-order valence-corrected chi connectivity index (χ3v) is 3.99. The van der Waals surface area contributed by atoms with Crippen molar-refractivity contribution in [3.05, 3.63) is 29.3 Å². The monoisotopic (exact) mass is 233 g/mol. The summed E-state index contributed by atoms with van der Waals surface area (Å²) in [5.74, 6) is 2.57. The number of nitrogens with two attached hydrogens (primary N) is 1. The molecular weight excluding hydrogens is 210 g/mol.